The first-order valence-electron chi connectivity index (χ1n) is 7.91. The molecule has 0 aromatic heterocycles. The van der Waals surface area contributed by atoms with E-state index in [1.54, 1.807) is 0 Å². The summed E-state index contributed by atoms with van der Waals surface area (Å²) in [6.45, 7) is 4.06. The van der Waals surface area contributed by atoms with Gasteiger partial charge in [-0.15, -0.1) is 5.06 Å². The summed E-state index contributed by atoms with van der Waals surface area (Å²) in [5.41, 5.74) is 0. The predicted octanol–water partition coefficient (Wildman–Crippen LogP) is 0.293. The van der Waals surface area contributed by atoms with Gasteiger partial charge in [0.05, 0.1) is 13.1 Å². The molecule has 0 aliphatic heterocycles. The van der Waals surface area contributed by atoms with Gasteiger partial charge in [-0.05, 0) is 6.42 Å². The Hall–Kier alpha value is -1.57. The number of carbonyl (C=O) groups excluding carboxylic acids is 3. The first kappa shape index (κ1) is 24.4. The van der Waals surface area contributed by atoms with Crippen molar-refractivity contribution < 1.29 is 42.2 Å². The maximum absolute atomic E-state index is 11.3. The topological polar surface area (TPSA) is 113 Å². The van der Waals surface area contributed by atoms with Gasteiger partial charge in [-0.2, -0.15) is 0 Å². The van der Waals surface area contributed by atoms with Gasteiger partial charge in [-0.25, -0.2) is 0 Å². The van der Waals surface area contributed by atoms with Crippen molar-refractivity contribution in [3.8, 4) is 0 Å². The minimum atomic E-state index is -2.73. The van der Waals surface area contributed by atoms with E-state index in [-0.39, 0.29) is 13.1 Å². The Bertz CT molecular complexity index is 435. The van der Waals surface area contributed by atoms with E-state index in [0.717, 1.165) is 5.23 Å². The largest absolute Gasteiger partial charge is 0.500 e. The molecule has 0 fully saturated rings. The molecule has 0 heterocycles. The van der Waals surface area contributed by atoms with Crippen LogP contribution in [0.25, 0.3) is 0 Å². The van der Waals surface area contributed by atoms with Crippen molar-refractivity contribution in [2.45, 2.75) is 33.2 Å². The summed E-state index contributed by atoms with van der Waals surface area (Å²) in [5, 5.41) is 2.10. The second kappa shape index (κ2) is 12.7. The van der Waals surface area contributed by atoms with E-state index < -0.39 is 26.7 Å². The molecule has 0 bridgehead atoms. The van der Waals surface area contributed by atoms with Crippen LogP contribution in [0.1, 0.15) is 27.2 Å². The summed E-state index contributed by atoms with van der Waals surface area (Å²) in [6.07, 6.45) is 0.552. The van der Waals surface area contributed by atoms with E-state index in [1.165, 1.54) is 47.2 Å². The molecule has 0 radical (unpaired) electrons. The normalized spacial score (nSPS) is 11.5. The van der Waals surface area contributed by atoms with E-state index in [0.29, 0.717) is 19.0 Å². The summed E-state index contributed by atoms with van der Waals surface area (Å²) in [5.74, 6) is -1.81. The Balaban J connectivity index is 4.69. The lowest BCUT2D eigenvalue weighted by Gasteiger charge is -2.26. The van der Waals surface area contributed by atoms with E-state index in [9.17, 15) is 14.4 Å². The van der Waals surface area contributed by atoms with Gasteiger partial charge in [0, 0.05) is 59.9 Å². The third-order valence-corrected chi connectivity index (χ3v) is 5.91. The van der Waals surface area contributed by atoms with Gasteiger partial charge in [-0.1, -0.05) is 0 Å². The third kappa shape index (κ3) is 10.4. The number of rotatable bonds is 13. The summed E-state index contributed by atoms with van der Waals surface area (Å²) in [7, 11) is 1.81. The highest BCUT2D eigenvalue weighted by atomic mass is 28.4. The summed E-state index contributed by atoms with van der Waals surface area (Å²) >= 11 is 0. The Morgan fingerprint density at radius 1 is 0.731 bits per heavy atom. The standard InChI is InChI=1S/C14H28N2O9Si/c1-12(17)23-15(8-7-11-26(20-4,21-5)22-6)9-10-16(24-13(2)18)25-14(3)19/h7-11H2,1-6H3. The third-order valence-electron chi connectivity index (χ3n) is 3.07. The van der Waals surface area contributed by atoms with E-state index >= 15 is 0 Å². The first-order valence-corrected chi connectivity index (χ1v) is 9.84. The molecule has 11 nitrogen and oxygen atoms in total. The first-order chi connectivity index (χ1) is 12.2. The fraction of sp³-hybridized carbons (Fsp3) is 0.786. The molecule has 26 heavy (non-hydrogen) atoms. The average Bonchev–Trinajstić information content (AvgIpc) is 2.55. The fourth-order valence-corrected chi connectivity index (χ4v) is 3.71. The lowest BCUT2D eigenvalue weighted by Crippen LogP contribution is -2.44. The minimum absolute atomic E-state index is 0.0200. The van der Waals surface area contributed by atoms with Crippen LogP contribution < -0.4 is 0 Å². The van der Waals surface area contributed by atoms with Crippen molar-refractivity contribution in [2.75, 3.05) is 41.0 Å². The summed E-state index contributed by atoms with van der Waals surface area (Å²) in [4.78, 5) is 48.0. The highest BCUT2D eigenvalue weighted by Crippen LogP contribution is 2.15. The number of hydroxylamine groups is 4. The molecule has 0 N–H and O–H groups in total. The van der Waals surface area contributed by atoms with Gasteiger partial charge in [0.2, 0.25) is 0 Å². The number of hydrogen-bond donors (Lipinski definition) is 0. The molecule has 0 aliphatic rings. The lowest BCUT2D eigenvalue weighted by molar-refractivity contribution is -0.327. The van der Waals surface area contributed by atoms with Crippen molar-refractivity contribution in [2.24, 2.45) is 0 Å². The van der Waals surface area contributed by atoms with E-state index in [4.69, 9.17) is 27.8 Å². The van der Waals surface area contributed by atoms with Crippen LogP contribution in [0.4, 0.5) is 0 Å². The zero-order valence-electron chi connectivity index (χ0n) is 16.1. The zero-order chi connectivity index (χ0) is 20.2. The van der Waals surface area contributed by atoms with Gasteiger partial charge in [0.1, 0.15) is 0 Å². The summed E-state index contributed by atoms with van der Waals surface area (Å²) in [6, 6.07) is 0.506. The minimum Gasteiger partial charge on any atom is -0.377 e. The van der Waals surface area contributed by atoms with Gasteiger partial charge < -0.3 is 27.8 Å². The van der Waals surface area contributed by atoms with E-state index in [1.807, 2.05) is 0 Å². The molecule has 152 valence electrons. The second-order valence-electron chi connectivity index (χ2n) is 5.13. The van der Waals surface area contributed by atoms with Crippen LogP contribution in [-0.2, 0) is 42.2 Å². The number of carbonyl (C=O) groups is 3. The molecular formula is C14H28N2O9Si. The Labute approximate surface area is 154 Å². The van der Waals surface area contributed by atoms with Crippen molar-refractivity contribution in [3.63, 3.8) is 0 Å². The molecule has 0 aromatic carbocycles. The second-order valence-corrected chi connectivity index (χ2v) is 8.22. The van der Waals surface area contributed by atoms with Crippen molar-refractivity contribution in [1.29, 1.82) is 0 Å². The van der Waals surface area contributed by atoms with Crippen molar-refractivity contribution in [3.05, 3.63) is 0 Å². The fourth-order valence-electron chi connectivity index (χ4n) is 2.00. The molecule has 0 saturated heterocycles. The van der Waals surface area contributed by atoms with Gasteiger partial charge in [-0.3, -0.25) is 14.4 Å². The Morgan fingerprint density at radius 3 is 1.58 bits per heavy atom. The maximum atomic E-state index is 11.3. The zero-order valence-corrected chi connectivity index (χ0v) is 17.1. The highest BCUT2D eigenvalue weighted by molar-refractivity contribution is 6.60. The van der Waals surface area contributed by atoms with Crippen molar-refractivity contribution in [1.82, 2.24) is 10.3 Å². The highest BCUT2D eigenvalue weighted by Gasteiger charge is 2.37. The van der Waals surface area contributed by atoms with Crippen LogP contribution in [0.3, 0.4) is 0 Å². The average molecular weight is 396 g/mol. The number of nitrogens with zero attached hydrogens (tertiary/aromatic N) is 2. The molecule has 0 unspecified atom stereocenters. The molecule has 0 spiro atoms. The SMILES string of the molecule is CO[Si](CCCN(CCN(OC(C)=O)OC(C)=O)OC(C)=O)(OC)OC. The Kier molecular flexibility index (Phi) is 12.0. The maximum Gasteiger partial charge on any atom is 0.500 e. The molecule has 0 amide bonds. The monoisotopic (exact) mass is 396 g/mol. The van der Waals surface area contributed by atoms with E-state index in [2.05, 4.69) is 0 Å². The Morgan fingerprint density at radius 2 is 1.19 bits per heavy atom. The predicted molar refractivity (Wildman–Crippen MR) is 89.8 cm³/mol. The van der Waals surface area contributed by atoms with Gasteiger partial charge >= 0.3 is 26.7 Å². The molecule has 0 aliphatic carbocycles. The van der Waals surface area contributed by atoms with Crippen LogP contribution in [-0.4, -0.2) is 78.0 Å². The molecule has 12 heteroatoms. The van der Waals surface area contributed by atoms with Gasteiger partial charge in [0.15, 0.2) is 0 Å². The van der Waals surface area contributed by atoms with Crippen molar-refractivity contribution >= 4 is 26.7 Å². The molecular weight excluding hydrogens is 368 g/mol. The van der Waals surface area contributed by atoms with Crippen LogP contribution in [0.2, 0.25) is 6.04 Å². The quantitative estimate of drug-likeness (QED) is 0.316. The smallest absolute Gasteiger partial charge is 0.377 e. The number of hydrogen-bond acceptors (Lipinski definition) is 11. The van der Waals surface area contributed by atoms with Crippen LogP contribution in [0.5, 0.6) is 0 Å². The summed E-state index contributed by atoms with van der Waals surface area (Å²) < 4.78 is 16.0. The molecule has 0 aromatic rings. The van der Waals surface area contributed by atoms with Crippen LogP contribution in [0.15, 0.2) is 0 Å². The lowest BCUT2D eigenvalue weighted by atomic mass is 10.4. The molecule has 0 atom stereocenters. The molecule has 0 rings (SSSR count). The van der Waals surface area contributed by atoms with Gasteiger partial charge in [0.25, 0.3) is 0 Å². The van der Waals surface area contributed by atoms with Crippen LogP contribution in [0, 0.1) is 0 Å². The van der Waals surface area contributed by atoms with Crippen LogP contribution >= 0.6 is 0 Å². The molecule has 0 saturated carbocycles.